The van der Waals surface area contributed by atoms with Crippen LogP contribution in [-0.2, 0) is 10.0 Å². The van der Waals surface area contributed by atoms with E-state index in [-0.39, 0.29) is 16.2 Å². The fourth-order valence-corrected chi connectivity index (χ4v) is 4.84. The summed E-state index contributed by atoms with van der Waals surface area (Å²) in [7, 11) is -2.53. The fourth-order valence-electron chi connectivity index (χ4n) is 3.22. The molecule has 0 radical (unpaired) electrons. The molecule has 8 heteroatoms. The summed E-state index contributed by atoms with van der Waals surface area (Å²) >= 11 is 0. The first-order valence-corrected chi connectivity index (χ1v) is 11.6. The Kier molecular flexibility index (Phi) is 6.96. The average molecular weight is 454 g/mol. The van der Waals surface area contributed by atoms with Crippen LogP contribution in [0.25, 0.3) is 0 Å². The molecule has 7 nitrogen and oxygen atoms in total. The molecule has 1 atom stereocenters. The topological polar surface area (TPSA) is 97.4 Å². The van der Waals surface area contributed by atoms with E-state index in [9.17, 15) is 13.2 Å². The Bertz CT molecular complexity index is 1140. The average Bonchev–Trinajstić information content (AvgIpc) is 2.76. The van der Waals surface area contributed by atoms with Gasteiger partial charge in [-0.05, 0) is 56.7 Å². The van der Waals surface area contributed by atoms with Crippen molar-refractivity contribution in [2.24, 2.45) is 0 Å². The van der Waals surface area contributed by atoms with E-state index in [0.29, 0.717) is 5.69 Å². The molecule has 32 heavy (non-hydrogen) atoms. The van der Waals surface area contributed by atoms with E-state index in [1.165, 1.54) is 25.3 Å². The summed E-state index contributed by atoms with van der Waals surface area (Å²) in [4.78, 5) is 17.5. The summed E-state index contributed by atoms with van der Waals surface area (Å²) in [5.41, 5.74) is 1.02. The lowest BCUT2D eigenvalue weighted by Gasteiger charge is -2.22. The van der Waals surface area contributed by atoms with Crippen molar-refractivity contribution in [2.45, 2.75) is 37.2 Å². The van der Waals surface area contributed by atoms with Gasteiger partial charge in [-0.15, -0.1) is 0 Å². The zero-order valence-corrected chi connectivity index (χ0v) is 19.3. The number of hydrogen-bond donors (Lipinski definition) is 2. The van der Waals surface area contributed by atoms with Gasteiger partial charge < -0.3 is 10.1 Å². The summed E-state index contributed by atoms with van der Waals surface area (Å²) < 4.78 is 33.7. The molecule has 0 bridgehead atoms. The third kappa shape index (κ3) is 5.72. The van der Waals surface area contributed by atoms with Crippen molar-refractivity contribution in [2.75, 3.05) is 7.11 Å². The number of nitrogens with zero attached hydrogens (tertiary/aromatic N) is 1. The van der Waals surface area contributed by atoms with Crippen molar-refractivity contribution < 1.29 is 17.9 Å². The third-order valence-corrected chi connectivity index (χ3v) is 6.33. The first kappa shape index (κ1) is 23.4. The molecule has 168 valence electrons. The lowest BCUT2D eigenvalue weighted by molar-refractivity contribution is 0.0942. The van der Waals surface area contributed by atoms with Crippen molar-refractivity contribution in [3.05, 3.63) is 89.7 Å². The van der Waals surface area contributed by atoms with Crippen molar-refractivity contribution in [1.29, 1.82) is 0 Å². The van der Waals surface area contributed by atoms with E-state index in [1.807, 2.05) is 42.5 Å². The molecule has 0 aliphatic heterocycles. The minimum Gasteiger partial charge on any atom is -0.495 e. The van der Waals surface area contributed by atoms with Crippen LogP contribution in [0.5, 0.6) is 5.75 Å². The molecule has 1 amide bonds. The van der Waals surface area contributed by atoms with Crippen LogP contribution in [-0.4, -0.2) is 32.0 Å². The molecule has 0 aliphatic rings. The van der Waals surface area contributed by atoms with Gasteiger partial charge in [0, 0.05) is 17.3 Å². The molecule has 0 saturated carbocycles. The number of ether oxygens (including phenoxy) is 1. The number of carbonyl (C=O) groups is 1. The lowest BCUT2D eigenvalue weighted by Crippen LogP contribution is -2.40. The van der Waals surface area contributed by atoms with Crippen molar-refractivity contribution in [1.82, 2.24) is 15.0 Å². The number of pyridine rings is 1. The minimum absolute atomic E-state index is 0.100. The summed E-state index contributed by atoms with van der Waals surface area (Å²) in [5, 5.41) is 2.97. The van der Waals surface area contributed by atoms with Gasteiger partial charge in [-0.2, -0.15) is 0 Å². The van der Waals surface area contributed by atoms with E-state index in [1.54, 1.807) is 33.0 Å². The SMILES string of the molecule is COc1ccc(C(=O)N[C@H](c2ccccc2)c2ccccn2)cc1S(=O)(=O)NC(C)(C)C. The fraction of sp³-hybridized carbons (Fsp3) is 0.250. The number of methoxy groups -OCH3 is 1. The molecule has 3 aromatic rings. The van der Waals surface area contributed by atoms with Crippen LogP contribution in [0.15, 0.2) is 77.8 Å². The van der Waals surface area contributed by atoms with Gasteiger partial charge in [0.15, 0.2) is 0 Å². The summed E-state index contributed by atoms with van der Waals surface area (Å²) in [6, 6.07) is 18.8. The lowest BCUT2D eigenvalue weighted by atomic mass is 10.0. The number of sulfonamides is 1. The maximum atomic E-state index is 13.2. The van der Waals surface area contributed by atoms with Gasteiger partial charge in [0.1, 0.15) is 10.6 Å². The molecule has 2 aromatic carbocycles. The van der Waals surface area contributed by atoms with E-state index in [0.717, 1.165) is 5.56 Å². The quantitative estimate of drug-likeness (QED) is 0.569. The summed E-state index contributed by atoms with van der Waals surface area (Å²) in [6.07, 6.45) is 1.66. The van der Waals surface area contributed by atoms with Crippen molar-refractivity contribution in [3.63, 3.8) is 0 Å². The normalized spacial score (nSPS) is 12.8. The Hall–Kier alpha value is -3.23. The predicted molar refractivity (Wildman–Crippen MR) is 123 cm³/mol. The number of benzene rings is 2. The van der Waals surface area contributed by atoms with Gasteiger partial charge in [-0.25, -0.2) is 13.1 Å². The van der Waals surface area contributed by atoms with E-state index < -0.39 is 27.5 Å². The Morgan fingerprint density at radius 2 is 1.69 bits per heavy atom. The van der Waals surface area contributed by atoms with Crippen molar-refractivity contribution >= 4 is 15.9 Å². The molecule has 0 saturated heterocycles. The highest BCUT2D eigenvalue weighted by Gasteiger charge is 2.27. The van der Waals surface area contributed by atoms with Gasteiger partial charge in [0.05, 0.1) is 18.8 Å². The van der Waals surface area contributed by atoms with Crippen LogP contribution >= 0.6 is 0 Å². The van der Waals surface area contributed by atoms with Gasteiger partial charge in [-0.1, -0.05) is 36.4 Å². The molecule has 3 rings (SSSR count). The third-order valence-electron chi connectivity index (χ3n) is 4.55. The monoisotopic (exact) mass is 453 g/mol. The second-order valence-corrected chi connectivity index (χ2v) is 9.94. The van der Waals surface area contributed by atoms with Crippen LogP contribution in [0, 0.1) is 0 Å². The van der Waals surface area contributed by atoms with E-state index in [2.05, 4.69) is 15.0 Å². The van der Waals surface area contributed by atoms with Gasteiger partial charge in [0.25, 0.3) is 5.91 Å². The first-order chi connectivity index (χ1) is 15.1. The zero-order valence-electron chi connectivity index (χ0n) is 18.5. The number of carbonyl (C=O) groups excluding carboxylic acids is 1. The smallest absolute Gasteiger partial charge is 0.252 e. The highest BCUT2D eigenvalue weighted by Crippen LogP contribution is 2.27. The number of hydrogen-bond acceptors (Lipinski definition) is 5. The molecule has 0 spiro atoms. The van der Waals surface area contributed by atoms with Crippen LogP contribution in [0.2, 0.25) is 0 Å². The molecule has 1 aromatic heterocycles. The van der Waals surface area contributed by atoms with Crippen molar-refractivity contribution in [3.8, 4) is 5.75 Å². The van der Waals surface area contributed by atoms with Gasteiger partial charge in [0.2, 0.25) is 10.0 Å². The number of nitrogens with one attached hydrogen (secondary N) is 2. The number of aromatic nitrogens is 1. The predicted octanol–water partition coefficient (Wildman–Crippen LogP) is 3.69. The van der Waals surface area contributed by atoms with Crippen LogP contribution in [0.3, 0.4) is 0 Å². The molecule has 0 fully saturated rings. The Morgan fingerprint density at radius 3 is 2.28 bits per heavy atom. The van der Waals surface area contributed by atoms with E-state index in [4.69, 9.17) is 4.74 Å². The largest absolute Gasteiger partial charge is 0.495 e. The van der Waals surface area contributed by atoms with E-state index >= 15 is 0 Å². The first-order valence-electron chi connectivity index (χ1n) is 10.1. The van der Waals surface area contributed by atoms with Gasteiger partial charge in [-0.3, -0.25) is 9.78 Å². The number of rotatable bonds is 7. The minimum atomic E-state index is -3.92. The second kappa shape index (κ2) is 9.50. The Balaban J connectivity index is 1.98. The molecular formula is C24H27N3O4S. The molecular weight excluding hydrogens is 426 g/mol. The van der Waals surface area contributed by atoms with Crippen LogP contribution in [0.1, 0.15) is 48.4 Å². The summed E-state index contributed by atoms with van der Waals surface area (Å²) in [5.74, 6) is -0.276. The highest BCUT2D eigenvalue weighted by molar-refractivity contribution is 7.89. The molecule has 0 unspecified atom stereocenters. The molecule has 1 heterocycles. The molecule has 0 aliphatic carbocycles. The number of amides is 1. The highest BCUT2D eigenvalue weighted by atomic mass is 32.2. The zero-order chi connectivity index (χ0) is 23.4. The second-order valence-electron chi connectivity index (χ2n) is 8.29. The summed E-state index contributed by atoms with van der Waals surface area (Å²) in [6.45, 7) is 5.22. The molecule has 2 N–H and O–H groups in total. The van der Waals surface area contributed by atoms with Gasteiger partial charge >= 0.3 is 0 Å². The standard InChI is InChI=1S/C24H27N3O4S/c1-24(2,3)27-32(29,30)21-16-18(13-14-20(21)31-4)23(28)26-22(17-10-6-5-7-11-17)19-12-8-9-15-25-19/h5-16,22,27H,1-4H3,(H,26,28)/t22-/m1/s1. The van der Waals surface area contributed by atoms with Crippen LogP contribution in [0.4, 0.5) is 0 Å². The Morgan fingerprint density at radius 1 is 1.00 bits per heavy atom. The van der Waals surface area contributed by atoms with Crippen LogP contribution < -0.4 is 14.8 Å². The maximum Gasteiger partial charge on any atom is 0.252 e. The Labute approximate surface area is 188 Å². The maximum absolute atomic E-state index is 13.2.